The normalized spacial score (nSPS) is 23.9. The Morgan fingerprint density at radius 2 is 1.87 bits per heavy atom. The first kappa shape index (κ1) is 29.9. The van der Waals surface area contributed by atoms with Crippen molar-refractivity contribution in [2.45, 2.75) is 50.7 Å². The summed E-state index contributed by atoms with van der Waals surface area (Å²) in [6.07, 6.45) is -10.7. The van der Waals surface area contributed by atoms with Crippen molar-refractivity contribution in [2.24, 2.45) is 16.6 Å². The van der Waals surface area contributed by atoms with Crippen molar-refractivity contribution in [3.63, 3.8) is 0 Å². The van der Waals surface area contributed by atoms with Crippen LogP contribution in [0.3, 0.4) is 0 Å². The number of nitrogens with zero attached hydrogens (tertiary/aromatic N) is 2. The number of pyridine rings is 1. The zero-order chi connectivity index (χ0) is 29.3. The summed E-state index contributed by atoms with van der Waals surface area (Å²) in [5.74, 6) is -5.78. The molecule has 3 rings (SSSR count). The van der Waals surface area contributed by atoms with E-state index in [2.05, 4.69) is 15.3 Å². The molecule has 0 spiro atoms. The molecule has 0 unspecified atom stereocenters. The molecule has 0 radical (unpaired) electrons. The van der Waals surface area contributed by atoms with Crippen LogP contribution >= 0.6 is 0 Å². The van der Waals surface area contributed by atoms with Crippen LogP contribution in [0.15, 0.2) is 41.5 Å². The monoisotopic (exact) mass is 560 g/mol. The van der Waals surface area contributed by atoms with Gasteiger partial charge in [-0.2, -0.15) is 26.3 Å². The summed E-state index contributed by atoms with van der Waals surface area (Å²) in [4.78, 5) is 32.3. The smallest absolute Gasteiger partial charge is 0.419 e. The highest BCUT2D eigenvalue weighted by atomic mass is 19.4. The van der Waals surface area contributed by atoms with Crippen LogP contribution in [0.1, 0.15) is 48.3 Å². The number of benzene rings is 1. The molecule has 2 amide bonds. The van der Waals surface area contributed by atoms with Gasteiger partial charge in [0.1, 0.15) is 24.2 Å². The number of halogens is 6. The Bertz CT molecular complexity index is 1280. The second-order valence-corrected chi connectivity index (χ2v) is 9.21. The first-order chi connectivity index (χ1) is 18.0. The Labute approximate surface area is 219 Å². The van der Waals surface area contributed by atoms with Gasteiger partial charge >= 0.3 is 12.4 Å². The Morgan fingerprint density at radius 3 is 2.44 bits per heavy atom. The predicted molar refractivity (Wildman–Crippen MR) is 129 cm³/mol. The van der Waals surface area contributed by atoms with Crippen LogP contribution in [-0.4, -0.2) is 54.0 Å². The van der Waals surface area contributed by atoms with Crippen molar-refractivity contribution in [1.82, 2.24) is 4.98 Å². The summed E-state index contributed by atoms with van der Waals surface area (Å²) in [5.41, 5.74) is 0.829. The molecule has 1 aromatic carbocycles. The van der Waals surface area contributed by atoms with Gasteiger partial charge in [-0.05, 0) is 32.0 Å². The molecule has 1 aliphatic heterocycles. The molecule has 2 aromatic rings. The third kappa shape index (κ3) is 6.00. The summed E-state index contributed by atoms with van der Waals surface area (Å²) >= 11 is 0. The van der Waals surface area contributed by atoms with Gasteiger partial charge in [-0.3, -0.25) is 19.6 Å². The highest BCUT2D eigenvalue weighted by Gasteiger charge is 2.66. The fourth-order valence-electron chi connectivity index (χ4n) is 4.32. The van der Waals surface area contributed by atoms with Crippen molar-refractivity contribution < 1.29 is 45.4 Å². The first-order valence-electron chi connectivity index (χ1n) is 11.6. The minimum atomic E-state index is -4.98. The van der Waals surface area contributed by atoms with E-state index < -0.39 is 59.0 Å². The third-order valence-corrected chi connectivity index (χ3v) is 6.72. The van der Waals surface area contributed by atoms with Crippen LogP contribution in [0.2, 0.25) is 0 Å². The summed E-state index contributed by atoms with van der Waals surface area (Å²) in [7, 11) is 1.40. The van der Waals surface area contributed by atoms with E-state index in [0.717, 1.165) is 38.2 Å². The van der Waals surface area contributed by atoms with Gasteiger partial charge in [0.15, 0.2) is 5.60 Å². The maximum absolute atomic E-state index is 14.2. The van der Waals surface area contributed by atoms with Gasteiger partial charge in [0.25, 0.3) is 11.8 Å². The number of carbonyl (C=O) groups is 2. The molecule has 212 valence electrons. The van der Waals surface area contributed by atoms with E-state index in [1.54, 1.807) is 0 Å². The molecule has 4 atom stereocenters. The molecule has 3 N–H and O–H groups in total. The van der Waals surface area contributed by atoms with E-state index in [0.29, 0.717) is 5.71 Å². The Hall–Kier alpha value is -3.68. The number of aromatic nitrogens is 1. The topological polar surface area (TPSA) is 116 Å². The van der Waals surface area contributed by atoms with Gasteiger partial charge in [0, 0.05) is 42.0 Å². The zero-order valence-electron chi connectivity index (χ0n) is 21.3. The fraction of sp³-hybridized carbons (Fsp3) is 0.440. The molecule has 0 saturated carbocycles. The fourth-order valence-corrected chi connectivity index (χ4v) is 4.32. The maximum Gasteiger partial charge on any atom is 0.419 e. The van der Waals surface area contributed by atoms with Gasteiger partial charge in [-0.25, -0.2) is 0 Å². The van der Waals surface area contributed by atoms with Crippen LogP contribution in [0, 0.1) is 5.92 Å². The van der Waals surface area contributed by atoms with E-state index in [1.165, 1.54) is 26.1 Å². The minimum absolute atomic E-state index is 0.0327. The number of alkyl halides is 6. The maximum atomic E-state index is 14.2. The second kappa shape index (κ2) is 10.8. The largest absolute Gasteiger partial charge is 0.487 e. The van der Waals surface area contributed by atoms with Crippen LogP contribution in [0.4, 0.5) is 32.0 Å². The van der Waals surface area contributed by atoms with Crippen molar-refractivity contribution in [2.75, 3.05) is 19.0 Å². The van der Waals surface area contributed by atoms with Crippen molar-refractivity contribution >= 4 is 23.2 Å². The molecule has 1 aliphatic rings. The summed E-state index contributed by atoms with van der Waals surface area (Å²) < 4.78 is 95.3. The number of aliphatic imine (C=N–C) groups is 1. The number of hydrogen-bond donors (Lipinski definition) is 2. The van der Waals surface area contributed by atoms with Crippen molar-refractivity contribution in [1.29, 1.82) is 0 Å². The lowest BCUT2D eigenvalue weighted by atomic mass is 9.76. The van der Waals surface area contributed by atoms with E-state index in [-0.39, 0.29) is 23.6 Å². The molecular weight excluding hydrogens is 534 g/mol. The molecular formula is C25H26F6N4O4. The summed E-state index contributed by atoms with van der Waals surface area (Å²) in [5, 5.41) is 2.35. The van der Waals surface area contributed by atoms with E-state index in [9.17, 15) is 35.9 Å². The summed E-state index contributed by atoms with van der Waals surface area (Å²) in [6.45, 7) is 3.01. The number of carbonyl (C=O) groups excluding carboxylic acids is 2. The average molecular weight is 560 g/mol. The number of nitrogens with one attached hydrogen (secondary N) is 1. The minimum Gasteiger partial charge on any atom is -0.487 e. The second-order valence-electron chi connectivity index (χ2n) is 9.21. The number of nitrogens with two attached hydrogens (primary N) is 1. The lowest BCUT2D eigenvalue weighted by Gasteiger charge is -2.32. The standard InChI is InChI=1S/C25H26F6N4O4/c1-12(33-4)11-38-19-15(6-5-7-16(19)24(26,27)28)18-13(2)23(3,25(29,30)31)39-20(18)22(37)35-14-8-9-34-17(10-14)21(32)36/h5-10,13,18,20H,11H2,1-4H3,(H2,32,36)(H,34,35,37)/t13-,18-,20+,23+/m0/s1. The van der Waals surface area contributed by atoms with Crippen molar-refractivity contribution in [3.8, 4) is 5.75 Å². The Kier molecular flexibility index (Phi) is 8.29. The highest BCUT2D eigenvalue weighted by Crippen LogP contribution is 2.55. The molecule has 1 aromatic heterocycles. The van der Waals surface area contributed by atoms with Gasteiger partial charge in [-0.15, -0.1) is 0 Å². The number of para-hydroxylation sites is 1. The van der Waals surface area contributed by atoms with Crippen LogP contribution < -0.4 is 15.8 Å². The SMILES string of the molecule is CN=C(C)COc1c([C@H]2[C@H](C(=O)Nc3ccnc(C(N)=O)c3)O[C@@](C)(C(F)(F)F)[C@H]2C)cccc1C(F)(F)F. The lowest BCUT2D eigenvalue weighted by molar-refractivity contribution is -0.272. The van der Waals surface area contributed by atoms with Crippen molar-refractivity contribution in [3.05, 3.63) is 53.3 Å². The first-order valence-corrected chi connectivity index (χ1v) is 11.6. The molecule has 39 heavy (non-hydrogen) atoms. The molecule has 1 fully saturated rings. The molecule has 14 heteroatoms. The van der Waals surface area contributed by atoms with E-state index in [4.69, 9.17) is 15.2 Å². The molecule has 0 bridgehead atoms. The predicted octanol–water partition coefficient (Wildman–Crippen LogP) is 4.75. The summed E-state index contributed by atoms with van der Waals surface area (Å²) in [6, 6.07) is 5.29. The lowest BCUT2D eigenvalue weighted by Crippen LogP contribution is -2.47. The van der Waals surface area contributed by atoms with Crippen LogP contribution in [0.25, 0.3) is 0 Å². The van der Waals surface area contributed by atoms with Gasteiger partial charge in [0.2, 0.25) is 0 Å². The van der Waals surface area contributed by atoms with E-state index in [1.807, 2.05) is 0 Å². The number of amides is 2. The van der Waals surface area contributed by atoms with Gasteiger partial charge in [0.05, 0.1) is 5.56 Å². The number of anilines is 1. The molecule has 2 heterocycles. The third-order valence-electron chi connectivity index (χ3n) is 6.72. The zero-order valence-corrected chi connectivity index (χ0v) is 21.3. The van der Waals surface area contributed by atoms with E-state index >= 15 is 0 Å². The van der Waals surface area contributed by atoms with Gasteiger partial charge < -0.3 is 20.5 Å². The molecule has 1 saturated heterocycles. The van der Waals surface area contributed by atoms with Crippen LogP contribution in [0.5, 0.6) is 5.75 Å². The highest BCUT2D eigenvalue weighted by molar-refractivity contribution is 5.97. The number of hydrogen-bond acceptors (Lipinski definition) is 6. The Balaban J connectivity index is 2.16. The number of rotatable bonds is 7. The Morgan fingerprint density at radius 1 is 1.21 bits per heavy atom. The van der Waals surface area contributed by atoms with Crippen LogP contribution in [-0.2, 0) is 15.7 Å². The average Bonchev–Trinajstić information content (AvgIpc) is 3.13. The molecule has 8 nitrogen and oxygen atoms in total. The number of ether oxygens (including phenoxy) is 2. The number of primary amides is 1. The molecule has 0 aliphatic carbocycles. The van der Waals surface area contributed by atoms with Gasteiger partial charge in [-0.1, -0.05) is 19.1 Å². The quantitative estimate of drug-likeness (QED) is 0.375.